The molecule has 0 bridgehead atoms. The minimum Gasteiger partial charge on any atom is -0.371 e. The van der Waals surface area contributed by atoms with Gasteiger partial charge in [0.1, 0.15) is 6.61 Å². The number of ether oxygens (including phenoxy) is 1. The molecule has 0 saturated carbocycles. The number of carbonyl (C=O) groups is 1. The first-order valence-electron chi connectivity index (χ1n) is 4.47. The molecule has 0 radical (unpaired) electrons. The van der Waals surface area contributed by atoms with Crippen LogP contribution in [0.3, 0.4) is 0 Å². The molecule has 0 rings (SSSR count). The first-order valence-corrected chi connectivity index (χ1v) is 4.47. The van der Waals surface area contributed by atoms with Crippen LogP contribution >= 0.6 is 0 Å². The van der Waals surface area contributed by atoms with Crippen molar-refractivity contribution in [3.8, 4) is 0 Å². The number of nitrogens with one attached hydrogen (secondary N) is 1. The van der Waals surface area contributed by atoms with Crippen LogP contribution in [0.4, 0.5) is 13.2 Å². The van der Waals surface area contributed by atoms with Crippen LogP contribution in [0, 0.1) is 0 Å². The predicted molar refractivity (Wildman–Crippen MR) is 48.2 cm³/mol. The predicted octanol–water partition coefficient (Wildman–Crippen LogP) is 0.419. The fourth-order valence-electron chi connectivity index (χ4n) is 0.939. The van der Waals surface area contributed by atoms with Crippen LogP contribution in [-0.2, 0) is 9.53 Å². The molecule has 0 aliphatic carbocycles. The maximum atomic E-state index is 11.6. The third-order valence-corrected chi connectivity index (χ3v) is 1.51. The highest BCUT2D eigenvalue weighted by Crippen LogP contribution is 2.13. The van der Waals surface area contributed by atoms with Gasteiger partial charge >= 0.3 is 6.18 Å². The summed E-state index contributed by atoms with van der Waals surface area (Å²) >= 11 is 0. The van der Waals surface area contributed by atoms with Gasteiger partial charge in [-0.05, 0) is 6.92 Å². The Morgan fingerprint density at radius 2 is 2.13 bits per heavy atom. The molecule has 0 aromatic rings. The van der Waals surface area contributed by atoms with E-state index in [-0.39, 0.29) is 25.6 Å². The number of halogens is 3. The van der Waals surface area contributed by atoms with Crippen molar-refractivity contribution in [3.05, 3.63) is 0 Å². The molecule has 1 amide bonds. The van der Waals surface area contributed by atoms with E-state index in [9.17, 15) is 18.0 Å². The van der Waals surface area contributed by atoms with Crippen molar-refractivity contribution in [1.82, 2.24) is 5.32 Å². The highest BCUT2D eigenvalue weighted by Gasteiger charge is 2.27. The quantitative estimate of drug-likeness (QED) is 0.621. The second-order valence-corrected chi connectivity index (χ2v) is 3.19. The summed E-state index contributed by atoms with van der Waals surface area (Å²) in [6.07, 6.45) is -4.14. The third kappa shape index (κ3) is 11.1. The number of carbonyl (C=O) groups excluding carboxylic acids is 1. The van der Waals surface area contributed by atoms with E-state index in [1.807, 2.05) is 0 Å². The lowest BCUT2D eigenvalue weighted by Gasteiger charge is -2.12. The first-order chi connectivity index (χ1) is 6.81. The molecule has 1 atom stereocenters. The summed E-state index contributed by atoms with van der Waals surface area (Å²) in [6, 6.07) is -0.156. The van der Waals surface area contributed by atoms with Crippen LogP contribution in [0.2, 0.25) is 0 Å². The van der Waals surface area contributed by atoms with Crippen molar-refractivity contribution in [2.24, 2.45) is 5.73 Å². The summed E-state index contributed by atoms with van der Waals surface area (Å²) in [7, 11) is 0. The summed E-state index contributed by atoms with van der Waals surface area (Å²) in [5.74, 6) is -0.453. The topological polar surface area (TPSA) is 64.4 Å². The first kappa shape index (κ1) is 14.2. The molecule has 0 fully saturated rings. The van der Waals surface area contributed by atoms with Crippen molar-refractivity contribution in [2.75, 3.05) is 19.8 Å². The van der Waals surface area contributed by atoms with Crippen molar-refractivity contribution in [2.45, 2.75) is 25.6 Å². The van der Waals surface area contributed by atoms with E-state index >= 15 is 0 Å². The zero-order chi connectivity index (χ0) is 11.9. The van der Waals surface area contributed by atoms with Crippen molar-refractivity contribution >= 4 is 5.91 Å². The maximum Gasteiger partial charge on any atom is 0.411 e. The Kier molecular flexibility index (Phi) is 6.26. The molecular weight excluding hydrogens is 213 g/mol. The van der Waals surface area contributed by atoms with Gasteiger partial charge in [0.05, 0.1) is 6.61 Å². The molecule has 0 aliphatic heterocycles. The lowest BCUT2D eigenvalue weighted by atomic mass is 10.2. The average Bonchev–Trinajstić information content (AvgIpc) is 1.99. The van der Waals surface area contributed by atoms with Gasteiger partial charge in [-0.25, -0.2) is 0 Å². The number of nitrogens with two attached hydrogens (primary N) is 1. The van der Waals surface area contributed by atoms with Gasteiger partial charge in [-0.1, -0.05) is 0 Å². The second-order valence-electron chi connectivity index (χ2n) is 3.19. The fraction of sp³-hybridized carbons (Fsp3) is 0.875. The van der Waals surface area contributed by atoms with Crippen LogP contribution in [0.5, 0.6) is 0 Å². The molecule has 7 heteroatoms. The van der Waals surface area contributed by atoms with Gasteiger partial charge in [0.25, 0.3) is 0 Å². The minimum absolute atomic E-state index is 0.0530. The van der Waals surface area contributed by atoms with Gasteiger partial charge in [-0.3, -0.25) is 4.79 Å². The molecule has 0 heterocycles. The molecule has 3 N–H and O–H groups in total. The highest BCUT2D eigenvalue weighted by atomic mass is 19.4. The Morgan fingerprint density at radius 3 is 2.60 bits per heavy atom. The van der Waals surface area contributed by atoms with E-state index < -0.39 is 18.7 Å². The lowest BCUT2D eigenvalue weighted by molar-refractivity contribution is -0.173. The number of alkyl halides is 3. The number of amides is 1. The van der Waals surface area contributed by atoms with Crippen LogP contribution in [0.15, 0.2) is 0 Å². The molecular formula is C8H15F3N2O2. The van der Waals surface area contributed by atoms with Crippen molar-refractivity contribution in [3.63, 3.8) is 0 Å². The van der Waals surface area contributed by atoms with Gasteiger partial charge in [0.2, 0.25) is 5.91 Å². The number of rotatable bonds is 7. The Morgan fingerprint density at radius 1 is 1.53 bits per heavy atom. The van der Waals surface area contributed by atoms with Crippen LogP contribution < -0.4 is 11.1 Å². The molecule has 0 aliphatic rings. The van der Waals surface area contributed by atoms with Gasteiger partial charge < -0.3 is 15.8 Å². The minimum atomic E-state index is -4.29. The fourth-order valence-corrected chi connectivity index (χ4v) is 0.939. The second kappa shape index (κ2) is 6.62. The molecule has 90 valence electrons. The smallest absolute Gasteiger partial charge is 0.371 e. The third-order valence-electron chi connectivity index (χ3n) is 1.51. The van der Waals surface area contributed by atoms with Gasteiger partial charge in [0, 0.05) is 19.0 Å². The molecule has 0 aromatic carbocycles. The normalized spacial score (nSPS) is 13.9. The summed E-state index contributed by atoms with van der Waals surface area (Å²) in [5, 5.41) is 2.81. The van der Waals surface area contributed by atoms with Gasteiger partial charge in [0.15, 0.2) is 0 Å². The molecule has 0 spiro atoms. The molecule has 1 unspecified atom stereocenters. The number of primary amides is 1. The average molecular weight is 228 g/mol. The van der Waals surface area contributed by atoms with E-state index in [1.165, 1.54) is 0 Å². The standard InChI is InChI=1S/C8H15F3N2O2/c1-6(4-7(12)14)13-2-3-15-5-8(9,10)11/h6,13H,2-5H2,1H3,(H2,12,14). The Labute approximate surface area is 86.0 Å². The Balaban J connectivity index is 3.35. The van der Waals surface area contributed by atoms with Crippen molar-refractivity contribution < 1.29 is 22.7 Å². The van der Waals surface area contributed by atoms with E-state index in [4.69, 9.17) is 5.73 Å². The molecule has 4 nitrogen and oxygen atoms in total. The van der Waals surface area contributed by atoms with E-state index in [1.54, 1.807) is 6.92 Å². The molecule has 0 aromatic heterocycles. The Bertz CT molecular complexity index is 197. The van der Waals surface area contributed by atoms with Crippen LogP contribution in [0.25, 0.3) is 0 Å². The largest absolute Gasteiger partial charge is 0.411 e. The van der Waals surface area contributed by atoms with Gasteiger partial charge in [-0.15, -0.1) is 0 Å². The summed E-state index contributed by atoms with van der Waals surface area (Å²) in [4.78, 5) is 10.4. The number of hydrogen-bond acceptors (Lipinski definition) is 3. The van der Waals surface area contributed by atoms with E-state index in [0.29, 0.717) is 0 Å². The SMILES string of the molecule is CC(CC(N)=O)NCCOCC(F)(F)F. The van der Waals surface area contributed by atoms with Crippen molar-refractivity contribution in [1.29, 1.82) is 0 Å². The zero-order valence-corrected chi connectivity index (χ0v) is 8.43. The summed E-state index contributed by atoms with van der Waals surface area (Å²) in [5.41, 5.74) is 4.92. The Hall–Kier alpha value is -0.820. The zero-order valence-electron chi connectivity index (χ0n) is 8.43. The summed E-state index contributed by atoms with van der Waals surface area (Å²) < 4.78 is 39.2. The lowest BCUT2D eigenvalue weighted by Crippen LogP contribution is -2.33. The molecule has 0 saturated heterocycles. The summed E-state index contributed by atoms with van der Waals surface area (Å²) in [6.45, 7) is 0.667. The van der Waals surface area contributed by atoms with E-state index in [0.717, 1.165) is 0 Å². The van der Waals surface area contributed by atoms with Crippen LogP contribution in [0.1, 0.15) is 13.3 Å². The highest BCUT2D eigenvalue weighted by molar-refractivity contribution is 5.74. The van der Waals surface area contributed by atoms with Crippen LogP contribution in [-0.4, -0.2) is 37.9 Å². The molecule has 15 heavy (non-hydrogen) atoms. The monoisotopic (exact) mass is 228 g/mol. The number of hydrogen-bond donors (Lipinski definition) is 2. The van der Waals surface area contributed by atoms with E-state index in [2.05, 4.69) is 10.1 Å². The van der Waals surface area contributed by atoms with Gasteiger partial charge in [-0.2, -0.15) is 13.2 Å². The maximum absolute atomic E-state index is 11.6.